The normalized spacial score (nSPS) is 22.8. The standard InChI is InChI=1S/C37H57BrO8Si/c1-12-43-34(40)27(2)37(42-9)25-31(44-26-28-19-21-29(41-8)22-20-28)24-33(45-37)36(6,7)32(39)18-15-17-30(16-13-14-23-38)46-47(10,11)35(3,4)5/h13-14,16,19-23,27,30-33,39H,12,17,24-26H2,1-11H3/b16-13+,23-14+/t27-,30+,31-,32?,33-,37+/m1/s1. The highest BCUT2D eigenvalue weighted by Gasteiger charge is 2.54. The first-order chi connectivity index (χ1) is 22.0. The largest absolute Gasteiger partial charge is 0.497 e. The van der Waals surface area contributed by atoms with Gasteiger partial charge in [0, 0.05) is 31.8 Å². The predicted octanol–water partition coefficient (Wildman–Crippen LogP) is 7.94. The molecule has 0 amide bonds. The molecule has 1 aliphatic heterocycles. The highest BCUT2D eigenvalue weighted by atomic mass is 79.9. The van der Waals surface area contributed by atoms with E-state index in [4.69, 9.17) is 28.1 Å². The van der Waals surface area contributed by atoms with E-state index in [1.54, 1.807) is 25.9 Å². The first-order valence-corrected chi connectivity index (χ1v) is 20.2. The second-order valence-corrected chi connectivity index (χ2v) is 19.5. The van der Waals surface area contributed by atoms with Crippen LogP contribution in [0.15, 0.2) is 47.5 Å². The van der Waals surface area contributed by atoms with Gasteiger partial charge in [0.2, 0.25) is 0 Å². The molecule has 10 heteroatoms. The molecule has 0 radical (unpaired) electrons. The van der Waals surface area contributed by atoms with E-state index in [1.807, 2.05) is 56.3 Å². The Labute approximate surface area is 292 Å². The zero-order valence-electron chi connectivity index (χ0n) is 30.2. The molecule has 0 aliphatic carbocycles. The monoisotopic (exact) mass is 736 g/mol. The van der Waals surface area contributed by atoms with E-state index in [1.165, 1.54) is 7.11 Å². The number of methoxy groups -OCH3 is 2. The number of ether oxygens (including phenoxy) is 5. The number of allylic oxidation sites excluding steroid dienone is 2. The molecule has 2 rings (SSSR count). The smallest absolute Gasteiger partial charge is 0.314 e. The number of aliphatic hydroxyl groups excluding tert-OH is 1. The average Bonchev–Trinajstić information content (AvgIpc) is 3.02. The maximum atomic E-state index is 13.0. The number of halogens is 1. The molecule has 0 spiro atoms. The summed E-state index contributed by atoms with van der Waals surface area (Å²) in [5.74, 6) is 4.57. The number of aliphatic hydroxyl groups is 1. The highest BCUT2D eigenvalue weighted by Crippen LogP contribution is 2.44. The molecule has 1 heterocycles. The molecule has 1 saturated heterocycles. The molecule has 0 bridgehead atoms. The quantitative estimate of drug-likeness (QED) is 0.0840. The van der Waals surface area contributed by atoms with Crippen LogP contribution in [0.3, 0.4) is 0 Å². The van der Waals surface area contributed by atoms with Crippen LogP contribution in [0.4, 0.5) is 0 Å². The van der Waals surface area contributed by atoms with E-state index in [9.17, 15) is 9.90 Å². The molecule has 264 valence electrons. The number of hydrogen-bond acceptors (Lipinski definition) is 8. The lowest BCUT2D eigenvalue weighted by Gasteiger charge is -2.50. The fraction of sp³-hybridized carbons (Fsp3) is 0.649. The average molecular weight is 738 g/mol. The van der Waals surface area contributed by atoms with Gasteiger partial charge in [-0.25, -0.2) is 0 Å². The minimum absolute atomic E-state index is 0.0398. The first-order valence-electron chi connectivity index (χ1n) is 16.4. The molecular formula is C37H57BrO8Si. The van der Waals surface area contributed by atoms with Gasteiger partial charge in [0.1, 0.15) is 17.8 Å². The van der Waals surface area contributed by atoms with Gasteiger partial charge in [-0.2, -0.15) is 0 Å². The Morgan fingerprint density at radius 3 is 2.38 bits per heavy atom. The van der Waals surface area contributed by atoms with Crippen molar-refractivity contribution >= 4 is 30.2 Å². The van der Waals surface area contributed by atoms with Crippen molar-refractivity contribution in [2.75, 3.05) is 20.8 Å². The molecule has 8 nitrogen and oxygen atoms in total. The number of benzene rings is 1. The molecule has 47 heavy (non-hydrogen) atoms. The minimum atomic E-state index is -2.07. The van der Waals surface area contributed by atoms with Crippen LogP contribution >= 0.6 is 15.9 Å². The minimum Gasteiger partial charge on any atom is -0.497 e. The molecule has 1 aliphatic rings. The third kappa shape index (κ3) is 11.6. The van der Waals surface area contributed by atoms with Crippen molar-refractivity contribution in [2.24, 2.45) is 11.3 Å². The van der Waals surface area contributed by atoms with Gasteiger partial charge in [-0.1, -0.05) is 92.8 Å². The third-order valence-electron chi connectivity index (χ3n) is 9.46. The van der Waals surface area contributed by atoms with Crippen LogP contribution in [0.2, 0.25) is 18.1 Å². The van der Waals surface area contributed by atoms with E-state index in [0.29, 0.717) is 25.9 Å². The van der Waals surface area contributed by atoms with Crippen molar-refractivity contribution in [1.82, 2.24) is 0 Å². The first kappa shape index (κ1) is 41.2. The summed E-state index contributed by atoms with van der Waals surface area (Å²) in [6, 6.07) is 7.69. The summed E-state index contributed by atoms with van der Waals surface area (Å²) < 4.78 is 36.4. The summed E-state index contributed by atoms with van der Waals surface area (Å²) in [7, 11) is 1.09. The van der Waals surface area contributed by atoms with Gasteiger partial charge in [-0.15, -0.1) is 0 Å². The van der Waals surface area contributed by atoms with Crippen LogP contribution in [0.1, 0.15) is 73.3 Å². The molecule has 1 aromatic rings. The number of carbonyl (C=O) groups is 1. The van der Waals surface area contributed by atoms with Crippen LogP contribution < -0.4 is 4.74 Å². The fourth-order valence-corrected chi connectivity index (χ4v) is 6.53. The summed E-state index contributed by atoms with van der Waals surface area (Å²) >= 11 is 3.31. The molecule has 0 aromatic heterocycles. The Morgan fingerprint density at radius 1 is 1.17 bits per heavy atom. The third-order valence-corrected chi connectivity index (χ3v) is 14.3. The molecule has 1 aromatic carbocycles. The molecule has 6 atom stereocenters. The lowest BCUT2D eigenvalue weighted by atomic mass is 9.75. The zero-order chi connectivity index (χ0) is 35.5. The van der Waals surface area contributed by atoms with Crippen LogP contribution in [-0.2, 0) is 34.8 Å². The zero-order valence-corrected chi connectivity index (χ0v) is 32.8. The Bertz CT molecular complexity index is 1240. The van der Waals surface area contributed by atoms with Crippen LogP contribution in [0, 0.1) is 23.2 Å². The van der Waals surface area contributed by atoms with Gasteiger partial charge in [0.05, 0.1) is 38.6 Å². The lowest BCUT2D eigenvalue weighted by molar-refractivity contribution is -0.327. The lowest BCUT2D eigenvalue weighted by Crippen LogP contribution is -2.58. The van der Waals surface area contributed by atoms with Gasteiger partial charge in [-0.3, -0.25) is 4.79 Å². The molecule has 1 unspecified atom stereocenters. The van der Waals surface area contributed by atoms with Crippen molar-refractivity contribution in [3.8, 4) is 17.6 Å². The van der Waals surface area contributed by atoms with Crippen LogP contribution in [0.5, 0.6) is 5.75 Å². The summed E-state index contributed by atoms with van der Waals surface area (Å²) in [5, 5.41) is 11.6. The van der Waals surface area contributed by atoms with Gasteiger partial charge in [0.15, 0.2) is 14.1 Å². The van der Waals surface area contributed by atoms with E-state index in [2.05, 4.69) is 61.6 Å². The van der Waals surface area contributed by atoms with E-state index < -0.39 is 43.6 Å². The Hall–Kier alpha value is -1.97. The van der Waals surface area contributed by atoms with Crippen molar-refractivity contribution < 1.29 is 38.0 Å². The van der Waals surface area contributed by atoms with Gasteiger partial charge in [-0.05, 0) is 54.7 Å². The SMILES string of the molecule is CCOC(=O)[C@@H](C)[C@]1(OC)C[C@H](OCc2ccc(OC)cc2)C[C@H](C(C)(C)C(O)C#CC[C@H](/C=C/C=C/Br)O[Si](C)(C)C(C)(C)C)O1. The molecule has 1 N–H and O–H groups in total. The van der Waals surface area contributed by atoms with E-state index in [-0.39, 0.29) is 23.9 Å². The van der Waals surface area contributed by atoms with Crippen molar-refractivity contribution in [3.63, 3.8) is 0 Å². The second-order valence-electron chi connectivity index (χ2n) is 14.2. The number of rotatable bonds is 15. The van der Waals surface area contributed by atoms with Gasteiger partial charge >= 0.3 is 5.97 Å². The summed E-state index contributed by atoms with van der Waals surface area (Å²) in [6.45, 7) is 19.0. The van der Waals surface area contributed by atoms with Crippen molar-refractivity contribution in [3.05, 3.63) is 53.0 Å². The fourth-order valence-electron chi connectivity index (χ4n) is 5.08. The number of esters is 1. The summed E-state index contributed by atoms with van der Waals surface area (Å²) in [4.78, 5) is 14.8. The van der Waals surface area contributed by atoms with Crippen LogP contribution in [0.25, 0.3) is 0 Å². The topological polar surface area (TPSA) is 92.7 Å². The molecular weight excluding hydrogens is 680 g/mol. The van der Waals surface area contributed by atoms with Crippen LogP contribution in [-0.4, -0.2) is 70.4 Å². The van der Waals surface area contributed by atoms with Gasteiger partial charge < -0.3 is 33.2 Å². The second kappa shape index (κ2) is 18.1. The summed E-state index contributed by atoms with van der Waals surface area (Å²) in [5.41, 5.74) is 0.132. The highest BCUT2D eigenvalue weighted by molar-refractivity contribution is 9.11. The molecule has 0 saturated carbocycles. The Kier molecular flexibility index (Phi) is 15.9. The predicted molar refractivity (Wildman–Crippen MR) is 193 cm³/mol. The van der Waals surface area contributed by atoms with Crippen molar-refractivity contribution in [2.45, 2.75) is 123 Å². The number of carbonyl (C=O) groups excluding carboxylic acids is 1. The van der Waals surface area contributed by atoms with Gasteiger partial charge in [0.25, 0.3) is 0 Å². The Morgan fingerprint density at radius 2 is 1.83 bits per heavy atom. The maximum Gasteiger partial charge on any atom is 0.314 e. The summed E-state index contributed by atoms with van der Waals surface area (Å²) in [6.07, 6.45) is 4.89. The van der Waals surface area contributed by atoms with E-state index >= 15 is 0 Å². The van der Waals surface area contributed by atoms with Crippen molar-refractivity contribution in [1.29, 1.82) is 0 Å². The van der Waals surface area contributed by atoms with E-state index in [0.717, 1.165) is 11.3 Å². The number of hydrogen-bond donors (Lipinski definition) is 1. The maximum absolute atomic E-state index is 13.0. The Balaban J connectivity index is 2.35. The molecule has 1 fully saturated rings.